The minimum Gasteiger partial charge on any atom is -0.313 e. The zero-order valence-corrected chi connectivity index (χ0v) is 8.89. The van der Waals surface area contributed by atoms with E-state index >= 15 is 0 Å². The van der Waals surface area contributed by atoms with Gasteiger partial charge in [-0.1, -0.05) is 20.3 Å². The van der Waals surface area contributed by atoms with E-state index in [0.29, 0.717) is 0 Å². The van der Waals surface area contributed by atoms with Crippen molar-refractivity contribution in [2.45, 2.75) is 45.1 Å². The molecule has 0 radical (unpaired) electrons. The van der Waals surface area contributed by atoms with Crippen molar-refractivity contribution in [1.82, 2.24) is 5.32 Å². The summed E-state index contributed by atoms with van der Waals surface area (Å²) in [4.78, 5) is 0. The third kappa shape index (κ3) is 1.56. The van der Waals surface area contributed by atoms with Gasteiger partial charge in [-0.15, -0.1) is 0 Å². The van der Waals surface area contributed by atoms with E-state index in [4.69, 9.17) is 0 Å². The van der Waals surface area contributed by atoms with E-state index < -0.39 is 5.92 Å². The van der Waals surface area contributed by atoms with Gasteiger partial charge in [0, 0.05) is 17.9 Å². The van der Waals surface area contributed by atoms with Gasteiger partial charge in [-0.05, 0) is 25.3 Å². The third-order valence-electron chi connectivity index (χ3n) is 3.67. The van der Waals surface area contributed by atoms with Gasteiger partial charge in [0.1, 0.15) is 0 Å². The number of piperidine rings is 1. The van der Waals surface area contributed by atoms with Crippen LogP contribution in [-0.2, 0) is 0 Å². The van der Waals surface area contributed by atoms with Crippen LogP contribution in [0.3, 0.4) is 0 Å². The summed E-state index contributed by atoms with van der Waals surface area (Å²) in [5, 5.41) is 3.24. The van der Waals surface area contributed by atoms with E-state index in [1.807, 2.05) is 13.8 Å². The lowest BCUT2D eigenvalue weighted by molar-refractivity contribution is 0.0694. The molecule has 0 aromatic carbocycles. The summed E-state index contributed by atoms with van der Waals surface area (Å²) in [6.07, 6.45) is 3.18. The lowest BCUT2D eigenvalue weighted by Gasteiger charge is -2.23. The maximum atomic E-state index is 13.5. The Balaban J connectivity index is 1.98. The number of nitrogens with one attached hydrogen (secondary N) is 1. The van der Waals surface area contributed by atoms with E-state index in [1.165, 1.54) is 0 Å². The van der Waals surface area contributed by atoms with Crippen LogP contribution < -0.4 is 5.32 Å². The van der Waals surface area contributed by atoms with Crippen LogP contribution >= 0.6 is 0 Å². The van der Waals surface area contributed by atoms with E-state index in [2.05, 4.69) is 5.32 Å². The highest BCUT2D eigenvalue weighted by atomic mass is 19.3. The molecule has 0 bridgehead atoms. The van der Waals surface area contributed by atoms with Crippen molar-refractivity contribution in [3.63, 3.8) is 0 Å². The molecular weight excluding hydrogens is 184 g/mol. The first-order valence-electron chi connectivity index (χ1n) is 5.66. The highest BCUT2D eigenvalue weighted by Crippen LogP contribution is 2.61. The molecule has 0 aromatic rings. The molecule has 2 fully saturated rings. The minimum atomic E-state index is -2.40. The summed E-state index contributed by atoms with van der Waals surface area (Å²) in [7, 11) is 0. The topological polar surface area (TPSA) is 12.0 Å². The summed E-state index contributed by atoms with van der Waals surface area (Å²) >= 11 is 0. The van der Waals surface area contributed by atoms with Crippen molar-refractivity contribution in [3.05, 3.63) is 0 Å². The Morgan fingerprint density at radius 2 is 2.00 bits per heavy atom. The van der Waals surface area contributed by atoms with Crippen LogP contribution in [0.1, 0.15) is 33.1 Å². The van der Waals surface area contributed by atoms with Gasteiger partial charge in [0.05, 0.1) is 0 Å². The molecule has 0 spiro atoms. The SMILES string of the molecule is CC(C)C1C(C2CCCCN2)C1(F)F. The molecule has 1 aliphatic heterocycles. The molecule has 1 aliphatic carbocycles. The van der Waals surface area contributed by atoms with Crippen LogP contribution in [-0.4, -0.2) is 18.5 Å². The normalized spacial score (nSPS) is 41.4. The van der Waals surface area contributed by atoms with Crippen LogP contribution in [0.5, 0.6) is 0 Å². The first-order valence-corrected chi connectivity index (χ1v) is 5.66. The summed E-state index contributed by atoms with van der Waals surface area (Å²) in [5.74, 6) is -3.05. The first kappa shape index (κ1) is 10.3. The average Bonchev–Trinajstić information content (AvgIpc) is 2.71. The maximum absolute atomic E-state index is 13.5. The predicted molar refractivity (Wildman–Crippen MR) is 52.4 cm³/mol. The second-order valence-electron chi connectivity index (χ2n) is 5.03. The lowest BCUT2D eigenvalue weighted by atomic mass is 9.97. The Bertz CT molecular complexity index is 209. The van der Waals surface area contributed by atoms with Crippen molar-refractivity contribution in [1.29, 1.82) is 0 Å². The van der Waals surface area contributed by atoms with Gasteiger partial charge in [0.25, 0.3) is 5.92 Å². The van der Waals surface area contributed by atoms with Gasteiger partial charge < -0.3 is 5.32 Å². The van der Waals surface area contributed by atoms with Crippen molar-refractivity contribution >= 4 is 0 Å². The highest BCUT2D eigenvalue weighted by molar-refractivity contribution is 5.11. The molecule has 3 heteroatoms. The Labute approximate surface area is 84.3 Å². The smallest absolute Gasteiger partial charge is 0.256 e. The van der Waals surface area contributed by atoms with Gasteiger partial charge in [0.2, 0.25) is 0 Å². The standard InChI is InChI=1S/C11H19F2N/c1-7(2)9-10(11(9,12)13)8-5-3-4-6-14-8/h7-10,14H,3-6H2,1-2H3. The molecule has 0 amide bonds. The van der Waals surface area contributed by atoms with Crippen LogP contribution in [0.15, 0.2) is 0 Å². The fraction of sp³-hybridized carbons (Fsp3) is 1.00. The Morgan fingerprint density at radius 1 is 1.29 bits per heavy atom. The summed E-state index contributed by atoms with van der Waals surface area (Å²) < 4.78 is 26.9. The molecule has 1 heterocycles. The second kappa shape index (κ2) is 3.44. The van der Waals surface area contributed by atoms with Crippen molar-refractivity contribution in [2.75, 3.05) is 6.54 Å². The Kier molecular flexibility index (Phi) is 2.54. The Morgan fingerprint density at radius 3 is 2.43 bits per heavy atom. The number of halogens is 2. The molecule has 2 rings (SSSR count). The first-order chi connectivity index (χ1) is 6.55. The van der Waals surface area contributed by atoms with Gasteiger partial charge in [-0.2, -0.15) is 0 Å². The predicted octanol–water partition coefficient (Wildman–Crippen LogP) is 2.67. The van der Waals surface area contributed by atoms with E-state index in [-0.39, 0.29) is 23.8 Å². The number of hydrogen-bond donors (Lipinski definition) is 1. The van der Waals surface area contributed by atoms with Crippen LogP contribution in [0.4, 0.5) is 8.78 Å². The molecule has 3 atom stereocenters. The van der Waals surface area contributed by atoms with Gasteiger partial charge in [0.15, 0.2) is 0 Å². The zero-order chi connectivity index (χ0) is 10.3. The molecule has 3 unspecified atom stereocenters. The number of hydrogen-bond acceptors (Lipinski definition) is 1. The lowest BCUT2D eigenvalue weighted by Crippen LogP contribution is -2.37. The molecular formula is C11H19F2N. The molecule has 14 heavy (non-hydrogen) atoms. The van der Waals surface area contributed by atoms with Gasteiger partial charge in [-0.3, -0.25) is 0 Å². The van der Waals surface area contributed by atoms with E-state index in [1.54, 1.807) is 0 Å². The molecule has 1 nitrogen and oxygen atoms in total. The monoisotopic (exact) mass is 203 g/mol. The molecule has 0 aromatic heterocycles. The summed E-state index contributed by atoms with van der Waals surface area (Å²) in [5.41, 5.74) is 0. The van der Waals surface area contributed by atoms with Gasteiger partial charge >= 0.3 is 0 Å². The van der Waals surface area contributed by atoms with Crippen LogP contribution in [0.25, 0.3) is 0 Å². The largest absolute Gasteiger partial charge is 0.313 e. The molecule has 2 aliphatic rings. The average molecular weight is 203 g/mol. The van der Waals surface area contributed by atoms with Gasteiger partial charge in [-0.25, -0.2) is 8.78 Å². The van der Waals surface area contributed by atoms with Crippen LogP contribution in [0, 0.1) is 17.8 Å². The van der Waals surface area contributed by atoms with Crippen molar-refractivity contribution < 1.29 is 8.78 Å². The summed E-state index contributed by atoms with van der Waals surface area (Å²) in [6.45, 7) is 4.73. The van der Waals surface area contributed by atoms with E-state index in [9.17, 15) is 8.78 Å². The van der Waals surface area contributed by atoms with E-state index in [0.717, 1.165) is 25.8 Å². The molecule has 1 saturated carbocycles. The highest BCUT2D eigenvalue weighted by Gasteiger charge is 2.71. The number of rotatable bonds is 2. The van der Waals surface area contributed by atoms with Crippen molar-refractivity contribution in [2.24, 2.45) is 17.8 Å². The minimum absolute atomic E-state index is 0.0751. The summed E-state index contributed by atoms with van der Waals surface area (Å²) in [6, 6.07) is 0.0751. The quantitative estimate of drug-likeness (QED) is 0.727. The Hall–Kier alpha value is -0.180. The number of alkyl halides is 2. The zero-order valence-electron chi connectivity index (χ0n) is 8.89. The molecule has 1 N–H and O–H groups in total. The fourth-order valence-electron chi connectivity index (χ4n) is 2.94. The van der Waals surface area contributed by atoms with Crippen molar-refractivity contribution in [3.8, 4) is 0 Å². The fourth-order valence-corrected chi connectivity index (χ4v) is 2.94. The maximum Gasteiger partial charge on any atom is 0.256 e. The second-order valence-corrected chi connectivity index (χ2v) is 5.03. The third-order valence-corrected chi connectivity index (χ3v) is 3.67. The molecule has 82 valence electrons. The molecule has 1 saturated heterocycles. The van der Waals surface area contributed by atoms with Crippen LogP contribution in [0.2, 0.25) is 0 Å².